The fourth-order valence-electron chi connectivity index (χ4n) is 3.69. The average molecular weight is 401 g/mol. The summed E-state index contributed by atoms with van der Waals surface area (Å²) in [7, 11) is -3.45. The predicted octanol–water partition coefficient (Wildman–Crippen LogP) is 3.45. The van der Waals surface area contributed by atoms with Gasteiger partial charge in [0.05, 0.1) is 16.2 Å². The first-order valence-electron chi connectivity index (χ1n) is 9.77. The van der Waals surface area contributed by atoms with Crippen LogP contribution in [0.3, 0.4) is 0 Å². The highest BCUT2D eigenvalue weighted by Crippen LogP contribution is 2.25. The third kappa shape index (κ3) is 4.07. The molecular weight excluding hydrogens is 372 g/mol. The number of hydrogen-bond acceptors (Lipinski definition) is 4. The highest BCUT2D eigenvalue weighted by Gasteiger charge is 2.27. The summed E-state index contributed by atoms with van der Waals surface area (Å²) in [5.41, 5.74) is 4.01. The van der Waals surface area contributed by atoms with Crippen molar-refractivity contribution in [1.82, 2.24) is 4.90 Å². The number of hydrogen-bond donors (Lipinski definition) is 0. The highest BCUT2D eigenvalue weighted by molar-refractivity contribution is 7.91. The molecule has 3 rings (SSSR count). The number of carbonyl (C=O) groups is 1. The molecular formula is C22H28N2O3S. The summed E-state index contributed by atoms with van der Waals surface area (Å²) in [6.07, 6.45) is 0.527. The van der Waals surface area contributed by atoms with Gasteiger partial charge < -0.3 is 9.80 Å². The topological polar surface area (TPSA) is 57.7 Å². The maximum absolute atomic E-state index is 13.1. The fourth-order valence-corrected chi connectivity index (χ4v) is 5.23. The van der Waals surface area contributed by atoms with Crippen molar-refractivity contribution in [2.45, 2.75) is 32.1 Å². The number of nitrogens with zero attached hydrogens (tertiary/aromatic N) is 2. The third-order valence-corrected chi connectivity index (χ3v) is 7.38. The average Bonchev–Trinajstić information content (AvgIpc) is 2.70. The number of anilines is 1. The molecule has 5 nitrogen and oxygen atoms in total. The van der Waals surface area contributed by atoms with E-state index < -0.39 is 9.84 Å². The Morgan fingerprint density at radius 3 is 2.32 bits per heavy atom. The quantitative estimate of drug-likeness (QED) is 0.771. The van der Waals surface area contributed by atoms with Gasteiger partial charge >= 0.3 is 0 Å². The van der Waals surface area contributed by atoms with E-state index in [4.69, 9.17) is 0 Å². The van der Waals surface area contributed by atoms with Gasteiger partial charge in [0, 0.05) is 31.9 Å². The molecule has 1 saturated heterocycles. The van der Waals surface area contributed by atoms with Crippen molar-refractivity contribution in [3.63, 3.8) is 0 Å². The van der Waals surface area contributed by atoms with E-state index in [0.29, 0.717) is 19.5 Å². The van der Waals surface area contributed by atoms with Crippen molar-refractivity contribution in [3.8, 4) is 0 Å². The minimum atomic E-state index is -3.45. The van der Waals surface area contributed by atoms with Crippen LogP contribution in [0.5, 0.6) is 0 Å². The van der Waals surface area contributed by atoms with Crippen LogP contribution in [0.4, 0.5) is 5.69 Å². The van der Waals surface area contributed by atoms with Crippen LogP contribution in [0, 0.1) is 13.8 Å². The standard InChI is InChI=1S/C22H28N2O3S/c1-4-16-28(26,27)21-11-6-5-9-19(21)22(25)24-14-12-23(13-15-24)20-10-7-8-17(2)18(20)3/h5-11H,4,12-16H2,1-3H3. The largest absolute Gasteiger partial charge is 0.368 e. The minimum Gasteiger partial charge on any atom is -0.368 e. The molecule has 0 aliphatic carbocycles. The summed E-state index contributed by atoms with van der Waals surface area (Å²) >= 11 is 0. The monoisotopic (exact) mass is 400 g/mol. The Bertz CT molecular complexity index is 961. The van der Waals surface area contributed by atoms with Gasteiger partial charge in [-0.25, -0.2) is 8.42 Å². The van der Waals surface area contributed by atoms with E-state index >= 15 is 0 Å². The Kier molecular flexibility index (Phi) is 6.08. The van der Waals surface area contributed by atoms with Crippen LogP contribution < -0.4 is 4.90 Å². The van der Waals surface area contributed by atoms with E-state index in [2.05, 4.69) is 36.9 Å². The summed E-state index contributed by atoms with van der Waals surface area (Å²) in [6, 6.07) is 12.9. The Morgan fingerprint density at radius 1 is 0.964 bits per heavy atom. The molecule has 1 aliphatic heterocycles. The maximum atomic E-state index is 13.1. The van der Waals surface area contributed by atoms with Gasteiger partial charge in [-0.1, -0.05) is 31.2 Å². The van der Waals surface area contributed by atoms with Crippen LogP contribution in [0.15, 0.2) is 47.4 Å². The second-order valence-electron chi connectivity index (χ2n) is 7.31. The molecule has 0 bridgehead atoms. The van der Waals surface area contributed by atoms with Crippen molar-refractivity contribution in [3.05, 3.63) is 59.2 Å². The van der Waals surface area contributed by atoms with E-state index in [1.807, 2.05) is 6.92 Å². The molecule has 0 spiro atoms. The van der Waals surface area contributed by atoms with Gasteiger partial charge in [-0.05, 0) is 49.6 Å². The normalized spacial score (nSPS) is 15.0. The molecule has 150 valence electrons. The number of sulfone groups is 1. The van der Waals surface area contributed by atoms with Gasteiger partial charge in [0.25, 0.3) is 5.91 Å². The van der Waals surface area contributed by atoms with Crippen molar-refractivity contribution in [2.24, 2.45) is 0 Å². The Morgan fingerprint density at radius 2 is 1.64 bits per heavy atom. The number of carbonyl (C=O) groups excluding carboxylic acids is 1. The molecule has 6 heteroatoms. The van der Waals surface area contributed by atoms with Crippen molar-refractivity contribution >= 4 is 21.4 Å². The lowest BCUT2D eigenvalue weighted by atomic mass is 10.1. The van der Waals surface area contributed by atoms with E-state index in [-0.39, 0.29) is 22.1 Å². The smallest absolute Gasteiger partial charge is 0.255 e. The van der Waals surface area contributed by atoms with Crippen LogP contribution in [-0.2, 0) is 9.84 Å². The maximum Gasteiger partial charge on any atom is 0.255 e. The van der Waals surface area contributed by atoms with E-state index in [1.54, 1.807) is 29.2 Å². The highest BCUT2D eigenvalue weighted by atomic mass is 32.2. The number of rotatable bonds is 5. The van der Waals surface area contributed by atoms with E-state index in [9.17, 15) is 13.2 Å². The third-order valence-electron chi connectivity index (χ3n) is 5.41. The lowest BCUT2D eigenvalue weighted by molar-refractivity contribution is 0.0743. The minimum absolute atomic E-state index is 0.0533. The lowest BCUT2D eigenvalue weighted by Gasteiger charge is -2.37. The summed E-state index contributed by atoms with van der Waals surface area (Å²) in [6.45, 7) is 8.68. The first-order valence-corrected chi connectivity index (χ1v) is 11.4. The molecule has 0 unspecified atom stereocenters. The molecule has 0 saturated carbocycles. The second kappa shape index (κ2) is 8.35. The van der Waals surface area contributed by atoms with Gasteiger partial charge in [0.1, 0.15) is 0 Å². The molecule has 0 aromatic heterocycles. The molecule has 1 amide bonds. The number of amides is 1. The van der Waals surface area contributed by atoms with E-state index in [1.165, 1.54) is 16.8 Å². The summed E-state index contributed by atoms with van der Waals surface area (Å²) in [4.78, 5) is 17.3. The van der Waals surface area contributed by atoms with Gasteiger partial charge in [0.2, 0.25) is 0 Å². The Labute approximate surface area is 167 Å². The molecule has 1 aliphatic rings. The molecule has 1 heterocycles. The fraction of sp³-hybridized carbons (Fsp3) is 0.409. The van der Waals surface area contributed by atoms with Gasteiger partial charge in [-0.3, -0.25) is 4.79 Å². The number of aryl methyl sites for hydroxylation is 1. The van der Waals surface area contributed by atoms with Gasteiger partial charge in [0.15, 0.2) is 9.84 Å². The summed E-state index contributed by atoms with van der Waals surface area (Å²) in [5.74, 6) is -0.145. The molecule has 2 aromatic rings. The molecule has 0 N–H and O–H groups in total. The summed E-state index contributed by atoms with van der Waals surface area (Å²) in [5, 5.41) is 0. The van der Waals surface area contributed by atoms with Gasteiger partial charge in [-0.2, -0.15) is 0 Å². The van der Waals surface area contributed by atoms with Gasteiger partial charge in [-0.15, -0.1) is 0 Å². The van der Waals surface area contributed by atoms with Crippen LogP contribution >= 0.6 is 0 Å². The number of benzene rings is 2. The zero-order valence-corrected chi connectivity index (χ0v) is 17.6. The first kappa shape index (κ1) is 20.4. The van der Waals surface area contributed by atoms with Crippen LogP contribution in [0.1, 0.15) is 34.8 Å². The van der Waals surface area contributed by atoms with Crippen LogP contribution in [0.25, 0.3) is 0 Å². The molecule has 28 heavy (non-hydrogen) atoms. The van der Waals surface area contributed by atoms with Crippen molar-refractivity contribution in [1.29, 1.82) is 0 Å². The molecule has 0 atom stereocenters. The molecule has 2 aromatic carbocycles. The summed E-state index contributed by atoms with van der Waals surface area (Å²) < 4.78 is 25.1. The van der Waals surface area contributed by atoms with Crippen molar-refractivity contribution in [2.75, 3.05) is 36.8 Å². The van der Waals surface area contributed by atoms with Crippen LogP contribution in [0.2, 0.25) is 0 Å². The molecule has 1 fully saturated rings. The zero-order chi connectivity index (χ0) is 20.3. The predicted molar refractivity (Wildman–Crippen MR) is 113 cm³/mol. The first-order chi connectivity index (χ1) is 13.3. The van der Waals surface area contributed by atoms with Crippen LogP contribution in [-0.4, -0.2) is 51.2 Å². The SMILES string of the molecule is CCCS(=O)(=O)c1ccccc1C(=O)N1CCN(c2cccc(C)c2C)CC1. The number of piperazine rings is 1. The Balaban J connectivity index is 1.77. The lowest BCUT2D eigenvalue weighted by Crippen LogP contribution is -2.49. The second-order valence-corrected chi connectivity index (χ2v) is 9.39. The molecule has 0 radical (unpaired) electrons. The van der Waals surface area contributed by atoms with Crippen molar-refractivity contribution < 1.29 is 13.2 Å². The van der Waals surface area contributed by atoms with E-state index in [0.717, 1.165) is 13.1 Å². The Hall–Kier alpha value is -2.34. The zero-order valence-electron chi connectivity index (χ0n) is 16.8.